The van der Waals surface area contributed by atoms with Gasteiger partial charge in [-0.05, 0) is 36.4 Å². The number of aromatic nitrogens is 2. The first-order chi connectivity index (χ1) is 14.0. The molecule has 8 heteroatoms. The van der Waals surface area contributed by atoms with Crippen LogP contribution in [0.3, 0.4) is 0 Å². The first-order valence-electron chi connectivity index (χ1n) is 8.91. The van der Waals surface area contributed by atoms with Gasteiger partial charge < -0.3 is 14.8 Å². The van der Waals surface area contributed by atoms with Crippen LogP contribution in [0.2, 0.25) is 0 Å². The van der Waals surface area contributed by atoms with E-state index in [0.717, 1.165) is 0 Å². The molecule has 0 spiro atoms. The van der Waals surface area contributed by atoms with Crippen molar-refractivity contribution in [2.45, 2.75) is 6.54 Å². The van der Waals surface area contributed by atoms with Gasteiger partial charge in [0.1, 0.15) is 17.3 Å². The van der Waals surface area contributed by atoms with Crippen LogP contribution in [0.25, 0.3) is 11.3 Å². The average molecular weight is 397 g/mol. The van der Waals surface area contributed by atoms with Crippen LogP contribution in [-0.4, -0.2) is 35.7 Å². The van der Waals surface area contributed by atoms with Crippen LogP contribution in [0.1, 0.15) is 0 Å². The number of benzene rings is 2. The van der Waals surface area contributed by atoms with E-state index < -0.39 is 0 Å². The van der Waals surface area contributed by atoms with Gasteiger partial charge >= 0.3 is 0 Å². The summed E-state index contributed by atoms with van der Waals surface area (Å²) in [6.45, 7) is 0.363. The van der Waals surface area contributed by atoms with E-state index in [-0.39, 0.29) is 37.0 Å². The van der Waals surface area contributed by atoms with E-state index in [1.807, 2.05) is 0 Å². The summed E-state index contributed by atoms with van der Waals surface area (Å²) in [6.07, 6.45) is 1.40. The molecular weight excluding hydrogens is 377 g/mol. The Morgan fingerprint density at radius 2 is 1.90 bits per heavy atom. The Morgan fingerprint density at radius 1 is 1.14 bits per heavy atom. The number of hydrogen-bond donors (Lipinski definition) is 1. The van der Waals surface area contributed by atoms with Crippen molar-refractivity contribution < 1.29 is 18.7 Å². The first-order valence-corrected chi connectivity index (χ1v) is 8.91. The van der Waals surface area contributed by atoms with Gasteiger partial charge in [0.2, 0.25) is 0 Å². The van der Waals surface area contributed by atoms with Crippen LogP contribution in [0.5, 0.6) is 11.5 Å². The number of nitrogens with one attached hydrogen (secondary N) is 1. The molecule has 0 aliphatic rings. The lowest BCUT2D eigenvalue weighted by Crippen LogP contribution is -2.33. The van der Waals surface area contributed by atoms with E-state index in [4.69, 9.17) is 9.47 Å². The summed E-state index contributed by atoms with van der Waals surface area (Å²) in [5.74, 6) is 0.500. The highest BCUT2D eigenvalue weighted by Crippen LogP contribution is 2.18. The molecule has 0 aliphatic heterocycles. The Labute approximate surface area is 166 Å². The maximum Gasteiger partial charge on any atom is 0.258 e. The van der Waals surface area contributed by atoms with Crippen molar-refractivity contribution >= 4 is 5.91 Å². The smallest absolute Gasteiger partial charge is 0.258 e. The van der Waals surface area contributed by atoms with E-state index in [1.54, 1.807) is 43.5 Å². The van der Waals surface area contributed by atoms with Crippen LogP contribution in [-0.2, 0) is 11.3 Å². The van der Waals surface area contributed by atoms with Crippen molar-refractivity contribution in [3.63, 3.8) is 0 Å². The molecule has 3 rings (SSSR count). The minimum atomic E-state index is -0.354. The molecular formula is C21H20FN3O4. The highest BCUT2D eigenvalue weighted by atomic mass is 19.1. The zero-order valence-electron chi connectivity index (χ0n) is 15.8. The third-order valence-corrected chi connectivity index (χ3v) is 4.11. The molecule has 1 heterocycles. The Morgan fingerprint density at radius 3 is 2.62 bits per heavy atom. The standard InChI is InChI=1S/C21H20FN3O4/c1-28-17-3-2-4-18(11-17)29-13-20(26)23-9-10-25-14-24-19(12-21(25)27)15-5-7-16(22)8-6-15/h2-8,11-12,14H,9-10,13H2,1H3,(H,23,26). The number of carbonyl (C=O) groups excluding carboxylic acids is 1. The van der Waals surface area contributed by atoms with Gasteiger partial charge in [-0.1, -0.05) is 6.07 Å². The third-order valence-electron chi connectivity index (χ3n) is 4.11. The maximum absolute atomic E-state index is 13.0. The Hall–Kier alpha value is -3.68. The molecule has 0 unspecified atom stereocenters. The first kappa shape index (κ1) is 20.1. The van der Waals surface area contributed by atoms with Crippen LogP contribution in [0.15, 0.2) is 65.7 Å². The molecule has 150 valence electrons. The van der Waals surface area contributed by atoms with Gasteiger partial charge in [0, 0.05) is 30.8 Å². The fourth-order valence-corrected chi connectivity index (χ4v) is 2.58. The fourth-order valence-electron chi connectivity index (χ4n) is 2.58. The van der Waals surface area contributed by atoms with Crippen molar-refractivity contribution in [1.82, 2.24) is 14.9 Å². The van der Waals surface area contributed by atoms with E-state index in [2.05, 4.69) is 10.3 Å². The summed E-state index contributed by atoms with van der Waals surface area (Å²) in [5.41, 5.74) is 0.849. The molecule has 0 saturated heterocycles. The van der Waals surface area contributed by atoms with Crippen molar-refractivity contribution in [3.05, 3.63) is 77.1 Å². The largest absolute Gasteiger partial charge is 0.497 e. The summed E-state index contributed by atoms with van der Waals surface area (Å²) in [4.78, 5) is 28.4. The molecule has 1 aromatic heterocycles. The quantitative estimate of drug-likeness (QED) is 0.631. The molecule has 1 N–H and O–H groups in total. The van der Waals surface area contributed by atoms with Crippen molar-refractivity contribution in [3.8, 4) is 22.8 Å². The molecule has 0 bridgehead atoms. The lowest BCUT2D eigenvalue weighted by molar-refractivity contribution is -0.123. The van der Waals surface area contributed by atoms with Gasteiger partial charge in [-0.2, -0.15) is 0 Å². The predicted molar refractivity (Wildman–Crippen MR) is 105 cm³/mol. The van der Waals surface area contributed by atoms with Crippen LogP contribution in [0, 0.1) is 5.82 Å². The van der Waals surface area contributed by atoms with Gasteiger partial charge in [0.25, 0.3) is 11.5 Å². The molecule has 2 aromatic carbocycles. The van der Waals surface area contributed by atoms with Gasteiger partial charge in [-0.25, -0.2) is 9.37 Å². The van der Waals surface area contributed by atoms with Gasteiger partial charge in [0.15, 0.2) is 6.61 Å². The normalized spacial score (nSPS) is 10.4. The number of carbonyl (C=O) groups is 1. The average Bonchev–Trinajstić information content (AvgIpc) is 2.74. The number of halogens is 1. The highest BCUT2D eigenvalue weighted by Gasteiger charge is 2.06. The summed E-state index contributed by atoms with van der Waals surface area (Å²) in [7, 11) is 1.55. The second kappa shape index (κ2) is 9.50. The second-order valence-electron chi connectivity index (χ2n) is 6.13. The topological polar surface area (TPSA) is 82.4 Å². The summed E-state index contributed by atoms with van der Waals surface area (Å²) in [6, 6.07) is 14.1. The summed E-state index contributed by atoms with van der Waals surface area (Å²) >= 11 is 0. The Kier molecular flexibility index (Phi) is 6.57. The number of amides is 1. The van der Waals surface area contributed by atoms with Crippen LogP contribution in [0.4, 0.5) is 4.39 Å². The van der Waals surface area contributed by atoms with Gasteiger partial charge in [-0.15, -0.1) is 0 Å². The van der Waals surface area contributed by atoms with E-state index in [0.29, 0.717) is 22.8 Å². The Bertz CT molecular complexity index is 1030. The molecule has 29 heavy (non-hydrogen) atoms. The molecule has 3 aromatic rings. The Balaban J connectivity index is 1.49. The van der Waals surface area contributed by atoms with E-state index in [9.17, 15) is 14.0 Å². The zero-order valence-corrected chi connectivity index (χ0v) is 15.8. The molecule has 0 atom stereocenters. The van der Waals surface area contributed by atoms with Crippen molar-refractivity contribution in [1.29, 1.82) is 0 Å². The molecule has 0 radical (unpaired) electrons. The van der Waals surface area contributed by atoms with E-state index >= 15 is 0 Å². The number of rotatable bonds is 8. The molecule has 0 saturated carbocycles. The van der Waals surface area contributed by atoms with Crippen molar-refractivity contribution in [2.75, 3.05) is 20.3 Å². The molecule has 0 aliphatic carbocycles. The molecule has 1 amide bonds. The summed E-state index contributed by atoms with van der Waals surface area (Å²) < 4.78 is 24.9. The van der Waals surface area contributed by atoms with Crippen LogP contribution < -0.4 is 20.3 Å². The minimum Gasteiger partial charge on any atom is -0.497 e. The van der Waals surface area contributed by atoms with Gasteiger partial charge in [-0.3, -0.25) is 14.2 Å². The monoisotopic (exact) mass is 397 g/mol. The summed E-state index contributed by atoms with van der Waals surface area (Å²) in [5, 5.41) is 2.69. The van der Waals surface area contributed by atoms with Crippen LogP contribution >= 0.6 is 0 Å². The number of nitrogens with zero attached hydrogens (tertiary/aromatic N) is 2. The molecule has 0 fully saturated rings. The van der Waals surface area contributed by atoms with Crippen molar-refractivity contribution in [2.24, 2.45) is 0 Å². The second-order valence-corrected chi connectivity index (χ2v) is 6.13. The fraction of sp³-hybridized carbons (Fsp3) is 0.190. The van der Waals surface area contributed by atoms with E-state index in [1.165, 1.54) is 29.1 Å². The number of methoxy groups -OCH3 is 1. The third kappa shape index (κ3) is 5.65. The zero-order chi connectivity index (χ0) is 20.6. The maximum atomic E-state index is 13.0. The minimum absolute atomic E-state index is 0.149. The molecule has 7 nitrogen and oxygen atoms in total. The number of ether oxygens (including phenoxy) is 2. The van der Waals surface area contributed by atoms with Gasteiger partial charge in [0.05, 0.1) is 19.1 Å². The lowest BCUT2D eigenvalue weighted by Gasteiger charge is -2.10. The highest BCUT2D eigenvalue weighted by molar-refractivity contribution is 5.77. The predicted octanol–water partition coefficient (Wildman–Crippen LogP) is 2.25. The lowest BCUT2D eigenvalue weighted by atomic mass is 10.1. The SMILES string of the molecule is COc1cccc(OCC(=O)NCCn2cnc(-c3ccc(F)cc3)cc2=O)c1. The number of hydrogen-bond acceptors (Lipinski definition) is 5.